The third-order valence-corrected chi connectivity index (χ3v) is 5.00. The molecule has 0 atom stereocenters. The quantitative estimate of drug-likeness (QED) is 0.315. The Labute approximate surface area is 159 Å². The molecule has 0 saturated heterocycles. The van der Waals surface area contributed by atoms with E-state index >= 15 is 0 Å². The second-order valence-corrected chi connectivity index (χ2v) is 7.15. The number of Topliss-reactive ketones (excluding diaryl/α,β-unsaturated/α-hetero) is 1. The van der Waals surface area contributed by atoms with Gasteiger partial charge < -0.3 is 0 Å². The average Bonchev–Trinajstić information content (AvgIpc) is 3.03. The highest BCUT2D eigenvalue weighted by molar-refractivity contribution is 9.10. The van der Waals surface area contributed by atoms with Gasteiger partial charge in [0.25, 0.3) is 0 Å². The van der Waals surface area contributed by atoms with Crippen LogP contribution in [0.1, 0.15) is 10.4 Å². The lowest BCUT2D eigenvalue weighted by Crippen LogP contribution is -2.05. The topological polar surface area (TPSA) is 47.8 Å². The molecule has 0 saturated carbocycles. The summed E-state index contributed by atoms with van der Waals surface area (Å²) in [5.74, 6) is 1.14. The van der Waals surface area contributed by atoms with Crippen molar-refractivity contribution in [2.45, 2.75) is 11.7 Å². The zero-order valence-corrected chi connectivity index (χ0v) is 15.8. The van der Waals surface area contributed by atoms with E-state index in [4.69, 9.17) is 0 Å². The largest absolute Gasteiger partial charge is 0.298 e. The molecule has 0 aliphatic rings. The van der Waals surface area contributed by atoms with Crippen LogP contribution in [0.3, 0.4) is 0 Å². The molecular formula is C19H16BrN3OS. The van der Waals surface area contributed by atoms with Gasteiger partial charge in [0, 0.05) is 22.1 Å². The molecule has 25 heavy (non-hydrogen) atoms. The summed E-state index contributed by atoms with van der Waals surface area (Å²) in [4.78, 5) is 12.4. The van der Waals surface area contributed by atoms with Gasteiger partial charge in [0.2, 0.25) is 0 Å². The molecule has 0 aliphatic heterocycles. The molecule has 126 valence electrons. The number of aromatic nitrogens is 3. The average molecular weight is 414 g/mol. The molecule has 1 aromatic heterocycles. The van der Waals surface area contributed by atoms with Gasteiger partial charge in [-0.2, -0.15) is 0 Å². The highest BCUT2D eigenvalue weighted by atomic mass is 79.9. The molecular weight excluding hydrogens is 398 g/mol. The second-order valence-electron chi connectivity index (χ2n) is 5.29. The minimum atomic E-state index is 0.0562. The fourth-order valence-corrected chi connectivity index (χ4v) is 3.61. The molecule has 0 spiro atoms. The Balaban J connectivity index is 1.80. The highest BCUT2D eigenvalue weighted by Crippen LogP contribution is 2.25. The van der Waals surface area contributed by atoms with Gasteiger partial charge in [-0.1, -0.05) is 76.2 Å². The first-order valence-corrected chi connectivity index (χ1v) is 9.48. The van der Waals surface area contributed by atoms with Crippen LogP contribution in [-0.2, 0) is 6.54 Å². The van der Waals surface area contributed by atoms with E-state index in [9.17, 15) is 4.79 Å². The zero-order chi connectivity index (χ0) is 17.6. The molecule has 0 unspecified atom stereocenters. The molecule has 0 fully saturated rings. The van der Waals surface area contributed by atoms with Gasteiger partial charge in [0.1, 0.15) is 0 Å². The van der Waals surface area contributed by atoms with Crippen molar-refractivity contribution in [2.24, 2.45) is 0 Å². The lowest BCUT2D eigenvalue weighted by Gasteiger charge is -2.07. The van der Waals surface area contributed by atoms with E-state index in [1.165, 1.54) is 11.8 Å². The van der Waals surface area contributed by atoms with E-state index < -0.39 is 0 Å². The summed E-state index contributed by atoms with van der Waals surface area (Å²) in [7, 11) is 0. The van der Waals surface area contributed by atoms with E-state index in [2.05, 4.69) is 32.7 Å². The van der Waals surface area contributed by atoms with Crippen LogP contribution in [0.5, 0.6) is 0 Å². The Bertz CT molecular complexity index is 893. The SMILES string of the molecule is C=CCn1c(SCC(=O)c2cccc(Br)c2)nnc1-c1ccccc1. The molecule has 3 aromatic rings. The van der Waals surface area contributed by atoms with Crippen LogP contribution in [-0.4, -0.2) is 26.3 Å². The van der Waals surface area contributed by atoms with Gasteiger partial charge in [-0.3, -0.25) is 9.36 Å². The van der Waals surface area contributed by atoms with Crippen molar-refractivity contribution in [1.82, 2.24) is 14.8 Å². The first kappa shape index (κ1) is 17.6. The van der Waals surface area contributed by atoms with E-state index in [-0.39, 0.29) is 5.78 Å². The van der Waals surface area contributed by atoms with Gasteiger partial charge >= 0.3 is 0 Å². The molecule has 0 radical (unpaired) electrons. The summed E-state index contributed by atoms with van der Waals surface area (Å²) in [6.07, 6.45) is 1.80. The Hall–Kier alpha value is -2.18. The van der Waals surface area contributed by atoms with Gasteiger partial charge in [-0.25, -0.2) is 0 Å². The van der Waals surface area contributed by atoms with E-state index in [0.717, 1.165) is 15.9 Å². The summed E-state index contributed by atoms with van der Waals surface area (Å²) in [6, 6.07) is 17.3. The number of hydrogen-bond acceptors (Lipinski definition) is 4. The van der Waals surface area contributed by atoms with E-state index in [1.54, 1.807) is 6.08 Å². The first-order valence-electron chi connectivity index (χ1n) is 7.70. The third-order valence-electron chi connectivity index (χ3n) is 3.54. The fourth-order valence-electron chi connectivity index (χ4n) is 2.37. The van der Waals surface area contributed by atoms with Crippen LogP contribution < -0.4 is 0 Å². The summed E-state index contributed by atoms with van der Waals surface area (Å²) in [6.45, 7) is 4.39. The van der Waals surface area contributed by atoms with Crippen molar-refractivity contribution in [3.05, 3.63) is 77.3 Å². The molecule has 0 aliphatic carbocycles. The predicted molar refractivity (Wildman–Crippen MR) is 105 cm³/mol. The van der Waals surface area contributed by atoms with Crippen molar-refractivity contribution in [3.63, 3.8) is 0 Å². The Morgan fingerprint density at radius 1 is 1.16 bits per heavy atom. The van der Waals surface area contributed by atoms with Crippen molar-refractivity contribution >= 4 is 33.5 Å². The molecule has 1 heterocycles. The number of thioether (sulfide) groups is 1. The zero-order valence-electron chi connectivity index (χ0n) is 13.4. The minimum absolute atomic E-state index is 0.0562. The third kappa shape index (κ3) is 4.27. The number of rotatable bonds is 7. The number of halogens is 1. The summed E-state index contributed by atoms with van der Waals surface area (Å²) < 4.78 is 2.87. The number of hydrogen-bond donors (Lipinski definition) is 0. The van der Waals surface area contributed by atoms with Crippen LogP contribution in [0.25, 0.3) is 11.4 Å². The van der Waals surface area contributed by atoms with Crippen LogP contribution >= 0.6 is 27.7 Å². The molecule has 0 bridgehead atoms. The number of carbonyl (C=O) groups is 1. The van der Waals surface area contributed by atoms with Gasteiger partial charge in [0.15, 0.2) is 16.8 Å². The smallest absolute Gasteiger partial charge is 0.192 e. The number of carbonyl (C=O) groups excluding carboxylic acids is 1. The summed E-state index contributed by atoms with van der Waals surface area (Å²) in [5, 5.41) is 9.27. The maximum Gasteiger partial charge on any atom is 0.192 e. The Morgan fingerprint density at radius 2 is 1.96 bits per heavy atom. The van der Waals surface area contributed by atoms with Crippen LogP contribution in [0.4, 0.5) is 0 Å². The van der Waals surface area contributed by atoms with Gasteiger partial charge in [-0.05, 0) is 12.1 Å². The molecule has 0 N–H and O–H groups in total. The normalized spacial score (nSPS) is 10.6. The van der Waals surface area contributed by atoms with Crippen LogP contribution in [0.2, 0.25) is 0 Å². The van der Waals surface area contributed by atoms with Crippen molar-refractivity contribution in [1.29, 1.82) is 0 Å². The number of nitrogens with zero attached hydrogens (tertiary/aromatic N) is 3. The minimum Gasteiger partial charge on any atom is -0.298 e. The fraction of sp³-hybridized carbons (Fsp3) is 0.105. The molecule has 4 nitrogen and oxygen atoms in total. The number of allylic oxidation sites excluding steroid dienone is 1. The monoisotopic (exact) mass is 413 g/mol. The molecule has 0 amide bonds. The van der Waals surface area contributed by atoms with Gasteiger partial charge in [0.05, 0.1) is 5.75 Å². The Morgan fingerprint density at radius 3 is 2.68 bits per heavy atom. The molecule has 3 rings (SSSR count). The molecule has 2 aromatic carbocycles. The second kappa shape index (κ2) is 8.27. The van der Waals surface area contributed by atoms with Crippen molar-refractivity contribution < 1.29 is 4.79 Å². The lowest BCUT2D eigenvalue weighted by atomic mass is 10.2. The van der Waals surface area contributed by atoms with Crippen molar-refractivity contribution in [3.8, 4) is 11.4 Å². The summed E-state index contributed by atoms with van der Waals surface area (Å²) in [5.41, 5.74) is 1.67. The lowest BCUT2D eigenvalue weighted by molar-refractivity contribution is 0.102. The van der Waals surface area contributed by atoms with E-state index in [0.29, 0.717) is 23.0 Å². The van der Waals surface area contributed by atoms with Gasteiger partial charge in [-0.15, -0.1) is 16.8 Å². The van der Waals surface area contributed by atoms with Crippen molar-refractivity contribution in [2.75, 3.05) is 5.75 Å². The standard InChI is InChI=1S/C19H16BrN3OS/c1-2-11-23-18(14-7-4-3-5-8-14)21-22-19(23)25-13-17(24)15-9-6-10-16(20)12-15/h2-10,12H,1,11,13H2. The molecule has 6 heteroatoms. The van der Waals surface area contributed by atoms with Crippen LogP contribution in [0, 0.1) is 0 Å². The maximum atomic E-state index is 12.4. The highest BCUT2D eigenvalue weighted by Gasteiger charge is 2.15. The number of benzene rings is 2. The maximum absolute atomic E-state index is 12.4. The first-order chi connectivity index (χ1) is 12.2. The van der Waals surface area contributed by atoms with Crippen LogP contribution in [0.15, 0.2) is 76.9 Å². The predicted octanol–water partition coefficient (Wildman–Crippen LogP) is 4.87. The van der Waals surface area contributed by atoms with E-state index in [1.807, 2.05) is 59.2 Å². The summed E-state index contributed by atoms with van der Waals surface area (Å²) >= 11 is 4.78. The number of ketones is 1. The Kier molecular flexibility index (Phi) is 5.83.